The molecular weight excluding hydrogens is 304 g/mol. The van der Waals surface area contributed by atoms with Crippen LogP contribution in [0.15, 0.2) is 59.1 Å². The summed E-state index contributed by atoms with van der Waals surface area (Å²) >= 11 is 3.34. The van der Waals surface area contributed by atoms with Crippen molar-refractivity contribution in [2.75, 3.05) is 0 Å². The summed E-state index contributed by atoms with van der Waals surface area (Å²) in [5, 5.41) is 10.7. The fourth-order valence-corrected chi connectivity index (χ4v) is 2.54. The van der Waals surface area contributed by atoms with Crippen molar-refractivity contribution >= 4 is 27.8 Å². The lowest BCUT2D eigenvalue weighted by molar-refractivity contribution is 0.0515. The summed E-state index contributed by atoms with van der Waals surface area (Å²) in [5.41, 5.74) is 0.394. The van der Waals surface area contributed by atoms with Gasteiger partial charge in [0.15, 0.2) is 5.60 Å². The fourth-order valence-electron chi connectivity index (χ4n) is 2.27. The van der Waals surface area contributed by atoms with Crippen LogP contribution in [-0.2, 0) is 5.60 Å². The lowest BCUT2D eigenvalue weighted by atomic mass is 9.80. The Balaban J connectivity index is 2.13. The maximum absolute atomic E-state index is 12.5. The molecule has 0 bridgehead atoms. The van der Waals surface area contributed by atoms with Crippen molar-refractivity contribution in [3.63, 3.8) is 0 Å². The number of halogens is 1. The van der Waals surface area contributed by atoms with Crippen molar-refractivity contribution in [3.05, 3.63) is 75.8 Å². The molecule has 0 heterocycles. The summed E-state index contributed by atoms with van der Waals surface area (Å²) in [6.07, 6.45) is 3.35. The molecule has 94 valence electrons. The van der Waals surface area contributed by atoms with Crippen LogP contribution in [0.3, 0.4) is 0 Å². The van der Waals surface area contributed by atoms with E-state index in [4.69, 9.17) is 0 Å². The molecule has 1 aliphatic carbocycles. The van der Waals surface area contributed by atoms with Gasteiger partial charge < -0.3 is 5.11 Å². The molecule has 1 N–H and O–H groups in total. The molecule has 2 aromatic carbocycles. The van der Waals surface area contributed by atoms with E-state index < -0.39 is 5.60 Å². The molecule has 0 amide bonds. The van der Waals surface area contributed by atoms with E-state index in [-0.39, 0.29) is 5.78 Å². The predicted octanol–water partition coefficient (Wildman–Crippen LogP) is 3.55. The van der Waals surface area contributed by atoms with Crippen molar-refractivity contribution in [3.8, 4) is 0 Å². The minimum absolute atomic E-state index is 0.284. The topological polar surface area (TPSA) is 37.3 Å². The number of aliphatic hydroxyl groups is 1. The minimum Gasteiger partial charge on any atom is -0.373 e. The molecule has 0 saturated heterocycles. The summed E-state index contributed by atoms with van der Waals surface area (Å²) < 4.78 is 0.910. The first-order chi connectivity index (χ1) is 9.11. The number of rotatable bonds is 1. The van der Waals surface area contributed by atoms with Crippen LogP contribution in [0.4, 0.5) is 0 Å². The molecule has 0 spiro atoms. The molecule has 1 aliphatic rings. The summed E-state index contributed by atoms with van der Waals surface area (Å²) in [6, 6.07) is 14.4. The number of hydrogen-bond donors (Lipinski definition) is 1. The van der Waals surface area contributed by atoms with E-state index in [9.17, 15) is 9.90 Å². The fraction of sp³-hybridized carbons (Fsp3) is 0.0625. The first-order valence-electron chi connectivity index (χ1n) is 5.93. The van der Waals surface area contributed by atoms with Gasteiger partial charge in [-0.05, 0) is 29.3 Å². The molecule has 0 aliphatic heterocycles. The quantitative estimate of drug-likeness (QED) is 0.874. The third-order valence-corrected chi connectivity index (χ3v) is 3.87. The van der Waals surface area contributed by atoms with Crippen LogP contribution in [-0.4, -0.2) is 10.9 Å². The number of fused-ring (bicyclic) bond motifs is 1. The highest BCUT2D eigenvalue weighted by Gasteiger charge is 2.38. The van der Waals surface area contributed by atoms with Gasteiger partial charge in [-0.15, -0.1) is 0 Å². The molecule has 3 heteroatoms. The second kappa shape index (κ2) is 4.44. The van der Waals surface area contributed by atoms with Crippen molar-refractivity contribution < 1.29 is 9.90 Å². The highest BCUT2D eigenvalue weighted by Crippen LogP contribution is 2.34. The van der Waals surface area contributed by atoms with Crippen LogP contribution >= 0.6 is 15.9 Å². The summed E-state index contributed by atoms with van der Waals surface area (Å²) in [7, 11) is 0. The Morgan fingerprint density at radius 1 is 1.00 bits per heavy atom. The Morgan fingerprint density at radius 2 is 1.68 bits per heavy atom. The molecule has 1 atom stereocenters. The Bertz CT molecular complexity index is 673. The predicted molar refractivity (Wildman–Crippen MR) is 77.8 cm³/mol. The standard InChI is InChI=1S/C16H11BrO2/c17-13-7-5-12(6-8-13)16(19)10-9-11-3-1-2-4-14(11)15(16)18/h1-10,19H. The van der Waals surface area contributed by atoms with Crippen LogP contribution in [0, 0.1) is 0 Å². The van der Waals surface area contributed by atoms with Gasteiger partial charge in [0.25, 0.3) is 0 Å². The highest BCUT2D eigenvalue weighted by molar-refractivity contribution is 9.10. The second-order valence-corrected chi connectivity index (χ2v) is 5.44. The van der Waals surface area contributed by atoms with E-state index >= 15 is 0 Å². The van der Waals surface area contributed by atoms with Gasteiger partial charge in [0.1, 0.15) is 0 Å². The number of ketones is 1. The maximum Gasteiger partial charge on any atom is 0.203 e. The first kappa shape index (κ1) is 12.3. The van der Waals surface area contributed by atoms with Crippen LogP contribution in [0.1, 0.15) is 21.5 Å². The Labute approximate surface area is 119 Å². The van der Waals surface area contributed by atoms with E-state index in [1.54, 1.807) is 36.4 Å². The minimum atomic E-state index is -1.57. The van der Waals surface area contributed by atoms with Gasteiger partial charge in [0.2, 0.25) is 5.78 Å². The molecule has 2 nitrogen and oxygen atoms in total. The number of hydrogen-bond acceptors (Lipinski definition) is 2. The van der Waals surface area contributed by atoms with E-state index in [0.717, 1.165) is 10.0 Å². The summed E-state index contributed by atoms with van der Waals surface area (Å²) in [5.74, 6) is -0.284. The number of carbonyl (C=O) groups is 1. The van der Waals surface area contributed by atoms with Gasteiger partial charge in [-0.1, -0.05) is 58.4 Å². The summed E-state index contributed by atoms with van der Waals surface area (Å²) in [4.78, 5) is 12.5. The lowest BCUT2D eigenvalue weighted by Crippen LogP contribution is -2.35. The van der Waals surface area contributed by atoms with Gasteiger partial charge in [-0.25, -0.2) is 0 Å². The third-order valence-electron chi connectivity index (χ3n) is 3.34. The maximum atomic E-state index is 12.5. The van der Waals surface area contributed by atoms with Gasteiger partial charge in [0.05, 0.1) is 0 Å². The Hall–Kier alpha value is -1.71. The first-order valence-corrected chi connectivity index (χ1v) is 6.72. The van der Waals surface area contributed by atoms with Crippen LogP contribution in [0.5, 0.6) is 0 Å². The highest BCUT2D eigenvalue weighted by atomic mass is 79.9. The number of carbonyl (C=O) groups excluding carboxylic acids is 1. The summed E-state index contributed by atoms with van der Waals surface area (Å²) in [6.45, 7) is 0. The van der Waals surface area contributed by atoms with Gasteiger partial charge in [-0.3, -0.25) is 4.79 Å². The van der Waals surface area contributed by atoms with Crippen LogP contribution in [0.25, 0.3) is 6.08 Å². The lowest BCUT2D eigenvalue weighted by Gasteiger charge is -2.27. The zero-order valence-electron chi connectivity index (χ0n) is 10.0. The second-order valence-electron chi connectivity index (χ2n) is 4.52. The molecular formula is C16H11BrO2. The number of Topliss-reactive ketones (excluding diaryl/α,β-unsaturated/α-hetero) is 1. The van der Waals surface area contributed by atoms with E-state index in [2.05, 4.69) is 15.9 Å². The van der Waals surface area contributed by atoms with Crippen molar-refractivity contribution in [2.24, 2.45) is 0 Å². The zero-order chi connectivity index (χ0) is 13.5. The van der Waals surface area contributed by atoms with Crippen LogP contribution in [0.2, 0.25) is 0 Å². The SMILES string of the molecule is O=C1c2ccccc2C=CC1(O)c1ccc(Br)cc1. The van der Waals surface area contributed by atoms with Gasteiger partial charge in [0, 0.05) is 10.0 Å². The van der Waals surface area contributed by atoms with E-state index in [1.807, 2.05) is 24.3 Å². The molecule has 2 aromatic rings. The van der Waals surface area contributed by atoms with E-state index in [1.165, 1.54) is 0 Å². The molecule has 0 fully saturated rings. The normalized spacial score (nSPS) is 21.3. The van der Waals surface area contributed by atoms with Crippen LogP contribution < -0.4 is 0 Å². The van der Waals surface area contributed by atoms with Crippen molar-refractivity contribution in [1.82, 2.24) is 0 Å². The molecule has 3 rings (SSSR count). The van der Waals surface area contributed by atoms with Crippen molar-refractivity contribution in [2.45, 2.75) is 5.60 Å². The van der Waals surface area contributed by atoms with Gasteiger partial charge >= 0.3 is 0 Å². The number of benzene rings is 2. The van der Waals surface area contributed by atoms with Crippen molar-refractivity contribution in [1.29, 1.82) is 0 Å². The average Bonchev–Trinajstić information content (AvgIpc) is 2.44. The smallest absolute Gasteiger partial charge is 0.203 e. The molecule has 0 saturated carbocycles. The average molecular weight is 315 g/mol. The molecule has 0 aromatic heterocycles. The molecule has 1 unspecified atom stereocenters. The van der Waals surface area contributed by atoms with Gasteiger partial charge in [-0.2, -0.15) is 0 Å². The monoisotopic (exact) mass is 314 g/mol. The van der Waals surface area contributed by atoms with E-state index in [0.29, 0.717) is 11.1 Å². The third kappa shape index (κ3) is 1.95. The Morgan fingerprint density at radius 3 is 2.42 bits per heavy atom. The zero-order valence-corrected chi connectivity index (χ0v) is 11.6. The molecule has 0 radical (unpaired) electrons. The Kier molecular flexibility index (Phi) is 2.88. The largest absolute Gasteiger partial charge is 0.373 e. The molecule has 19 heavy (non-hydrogen) atoms.